The van der Waals surface area contributed by atoms with E-state index in [1.807, 2.05) is 0 Å². The van der Waals surface area contributed by atoms with Gasteiger partial charge in [0.1, 0.15) is 11.9 Å². The third-order valence-corrected chi connectivity index (χ3v) is 4.46. The topological polar surface area (TPSA) is 21.3 Å². The molecule has 0 aliphatic carbocycles. The van der Waals surface area contributed by atoms with Gasteiger partial charge in [0.2, 0.25) is 0 Å². The summed E-state index contributed by atoms with van der Waals surface area (Å²) in [7, 11) is 0. The number of benzene rings is 2. The average Bonchev–Trinajstić information content (AvgIpc) is 2.55. The molecule has 0 amide bonds. The van der Waals surface area contributed by atoms with E-state index in [2.05, 4.69) is 53.8 Å². The molecule has 0 bridgehead atoms. The van der Waals surface area contributed by atoms with Gasteiger partial charge in [0.15, 0.2) is 0 Å². The Balaban J connectivity index is 0.00000132. The fourth-order valence-electron chi connectivity index (χ4n) is 3.47. The van der Waals surface area contributed by atoms with E-state index >= 15 is 0 Å². The molecule has 2 aliphatic heterocycles. The fraction of sp³-hybridized carbons (Fsp3) is 0.333. The molecule has 0 radical (unpaired) electrons. The van der Waals surface area contributed by atoms with Crippen LogP contribution in [0.2, 0.25) is 0 Å². The molecule has 0 spiro atoms. The van der Waals surface area contributed by atoms with Crippen LogP contribution in [0.15, 0.2) is 48.5 Å². The van der Waals surface area contributed by atoms with E-state index in [1.165, 1.54) is 29.5 Å². The number of piperidine rings is 1. The predicted molar refractivity (Wildman–Crippen MR) is 88.1 cm³/mol. The number of hydrogen-bond acceptors (Lipinski definition) is 2. The van der Waals surface area contributed by atoms with Crippen molar-refractivity contribution in [1.82, 2.24) is 5.32 Å². The van der Waals surface area contributed by atoms with E-state index in [9.17, 15) is 0 Å². The van der Waals surface area contributed by atoms with Gasteiger partial charge >= 0.3 is 0 Å². The third kappa shape index (κ3) is 2.54. The lowest BCUT2D eigenvalue weighted by atomic mass is 9.84. The summed E-state index contributed by atoms with van der Waals surface area (Å²) in [5.41, 5.74) is 3.91. The number of ether oxygens (including phenoxy) is 1. The van der Waals surface area contributed by atoms with Crippen molar-refractivity contribution in [3.63, 3.8) is 0 Å². The van der Waals surface area contributed by atoms with Crippen LogP contribution in [0.3, 0.4) is 0 Å². The molecule has 2 aromatic carbocycles. The molecule has 2 aliphatic rings. The summed E-state index contributed by atoms with van der Waals surface area (Å²) in [5.74, 6) is 1.60. The van der Waals surface area contributed by atoms with Crippen LogP contribution in [0.4, 0.5) is 0 Å². The van der Waals surface area contributed by atoms with E-state index in [0.29, 0.717) is 5.92 Å². The smallest absolute Gasteiger partial charge is 0.128 e. The first-order valence-corrected chi connectivity index (χ1v) is 7.49. The number of nitrogens with one attached hydrogen (secondary N) is 1. The van der Waals surface area contributed by atoms with Gasteiger partial charge in [0.25, 0.3) is 0 Å². The Morgan fingerprint density at radius 1 is 0.952 bits per heavy atom. The van der Waals surface area contributed by atoms with Crippen LogP contribution in [0.5, 0.6) is 5.75 Å². The van der Waals surface area contributed by atoms with Crippen LogP contribution in [0, 0.1) is 5.92 Å². The second-order valence-electron chi connectivity index (χ2n) is 5.73. The molecule has 2 heterocycles. The van der Waals surface area contributed by atoms with Crippen molar-refractivity contribution in [2.24, 2.45) is 5.92 Å². The molecular weight excluding hydrogens is 282 g/mol. The van der Waals surface area contributed by atoms with Crippen molar-refractivity contribution >= 4 is 12.4 Å². The van der Waals surface area contributed by atoms with Crippen molar-refractivity contribution in [3.05, 3.63) is 54.1 Å². The van der Waals surface area contributed by atoms with Crippen LogP contribution in [-0.4, -0.2) is 13.1 Å². The summed E-state index contributed by atoms with van der Waals surface area (Å²) in [6, 6.07) is 17.1. The Bertz CT molecular complexity index is 622. The number of halogens is 1. The molecule has 1 saturated heterocycles. The van der Waals surface area contributed by atoms with Crippen molar-refractivity contribution < 1.29 is 4.74 Å². The number of hydrogen-bond donors (Lipinski definition) is 1. The predicted octanol–water partition coefficient (Wildman–Crippen LogP) is 4.21. The summed E-state index contributed by atoms with van der Waals surface area (Å²) in [5, 5.41) is 3.51. The highest BCUT2D eigenvalue weighted by atomic mass is 35.5. The molecule has 4 rings (SSSR count). The van der Waals surface area contributed by atoms with Gasteiger partial charge in [-0.3, -0.25) is 0 Å². The Morgan fingerprint density at radius 3 is 2.52 bits per heavy atom. The van der Waals surface area contributed by atoms with Gasteiger partial charge in [-0.25, -0.2) is 0 Å². The van der Waals surface area contributed by atoms with E-state index in [1.54, 1.807) is 0 Å². The zero-order valence-corrected chi connectivity index (χ0v) is 12.7. The van der Waals surface area contributed by atoms with Gasteiger partial charge in [-0.15, -0.1) is 12.4 Å². The van der Waals surface area contributed by atoms with Crippen LogP contribution in [-0.2, 0) is 0 Å². The molecule has 21 heavy (non-hydrogen) atoms. The number of rotatable bonds is 1. The minimum Gasteiger partial charge on any atom is -0.485 e. The second kappa shape index (κ2) is 6.08. The van der Waals surface area contributed by atoms with Crippen LogP contribution in [0.1, 0.15) is 24.5 Å². The van der Waals surface area contributed by atoms with E-state index in [4.69, 9.17) is 4.74 Å². The first kappa shape index (κ1) is 14.4. The maximum Gasteiger partial charge on any atom is 0.128 e. The van der Waals surface area contributed by atoms with Crippen LogP contribution < -0.4 is 10.1 Å². The first-order valence-electron chi connectivity index (χ1n) is 7.49. The summed E-state index contributed by atoms with van der Waals surface area (Å²) in [6.07, 6.45) is 2.68. The highest BCUT2D eigenvalue weighted by Gasteiger charge is 2.32. The maximum absolute atomic E-state index is 6.36. The van der Waals surface area contributed by atoms with E-state index < -0.39 is 0 Å². The largest absolute Gasteiger partial charge is 0.485 e. The molecule has 1 fully saturated rings. The van der Waals surface area contributed by atoms with Gasteiger partial charge in [0.05, 0.1) is 0 Å². The quantitative estimate of drug-likeness (QED) is 0.852. The molecule has 1 N–H and O–H groups in total. The molecule has 3 heteroatoms. The Labute approximate surface area is 131 Å². The van der Waals surface area contributed by atoms with Crippen LogP contribution in [0.25, 0.3) is 11.1 Å². The monoisotopic (exact) mass is 301 g/mol. The number of fused-ring (bicyclic) bond motifs is 3. The molecule has 2 nitrogen and oxygen atoms in total. The Morgan fingerprint density at radius 2 is 1.71 bits per heavy atom. The molecule has 2 unspecified atom stereocenters. The van der Waals surface area contributed by atoms with Crippen LogP contribution >= 0.6 is 12.4 Å². The highest BCUT2D eigenvalue weighted by molar-refractivity contribution is 5.85. The SMILES string of the molecule is Cl.c1ccc2c(c1)OC(C1CCCNC1)c1ccccc1-2. The van der Waals surface area contributed by atoms with Crippen molar-refractivity contribution in [3.8, 4) is 16.9 Å². The third-order valence-electron chi connectivity index (χ3n) is 4.46. The molecule has 0 saturated carbocycles. The van der Waals surface area contributed by atoms with Crippen molar-refractivity contribution in [1.29, 1.82) is 0 Å². The van der Waals surface area contributed by atoms with Gasteiger partial charge in [-0.1, -0.05) is 42.5 Å². The fourth-order valence-corrected chi connectivity index (χ4v) is 3.47. The second-order valence-corrected chi connectivity index (χ2v) is 5.73. The minimum absolute atomic E-state index is 0. The normalized spacial score (nSPS) is 23.2. The zero-order chi connectivity index (χ0) is 13.4. The first-order chi connectivity index (χ1) is 9.93. The minimum atomic E-state index is 0. The van der Waals surface area contributed by atoms with Gasteiger partial charge in [0, 0.05) is 23.6 Å². The lowest BCUT2D eigenvalue weighted by molar-refractivity contribution is 0.113. The van der Waals surface area contributed by atoms with Crippen molar-refractivity contribution in [2.45, 2.75) is 18.9 Å². The molecule has 2 atom stereocenters. The summed E-state index contributed by atoms with van der Waals surface area (Å²) in [4.78, 5) is 0. The summed E-state index contributed by atoms with van der Waals surface area (Å²) >= 11 is 0. The summed E-state index contributed by atoms with van der Waals surface area (Å²) < 4.78 is 6.36. The zero-order valence-electron chi connectivity index (χ0n) is 11.9. The lowest BCUT2D eigenvalue weighted by Crippen LogP contribution is -2.36. The van der Waals surface area contributed by atoms with Gasteiger partial charge in [-0.2, -0.15) is 0 Å². The van der Waals surface area contributed by atoms with E-state index in [-0.39, 0.29) is 18.5 Å². The van der Waals surface area contributed by atoms with Gasteiger partial charge < -0.3 is 10.1 Å². The van der Waals surface area contributed by atoms with E-state index in [0.717, 1.165) is 18.8 Å². The molecule has 110 valence electrons. The van der Waals surface area contributed by atoms with Gasteiger partial charge in [-0.05, 0) is 31.0 Å². The Hall–Kier alpha value is -1.51. The summed E-state index contributed by atoms with van der Waals surface area (Å²) in [6.45, 7) is 2.20. The molecular formula is C18H20ClNO. The maximum atomic E-state index is 6.36. The lowest BCUT2D eigenvalue weighted by Gasteiger charge is -2.36. The standard InChI is InChI=1S/C18H19NO.ClH/c1-2-9-16-14(7-1)15-8-3-4-10-17(15)20-18(16)13-6-5-11-19-12-13;/h1-4,7-10,13,18-19H,5-6,11-12H2;1H. The number of para-hydroxylation sites is 1. The molecule has 2 aromatic rings. The highest BCUT2D eigenvalue weighted by Crippen LogP contribution is 2.45. The Kier molecular flexibility index (Phi) is 4.18. The van der Waals surface area contributed by atoms with Crippen molar-refractivity contribution in [2.75, 3.05) is 13.1 Å². The molecule has 0 aromatic heterocycles. The average molecular weight is 302 g/mol.